The van der Waals surface area contributed by atoms with Crippen molar-refractivity contribution in [3.05, 3.63) is 58.6 Å². The van der Waals surface area contributed by atoms with Gasteiger partial charge in [0, 0.05) is 35.1 Å². The fraction of sp³-hybridized carbons (Fsp3) is 0.516. The summed E-state index contributed by atoms with van der Waals surface area (Å²) in [4.78, 5) is 36.7. The van der Waals surface area contributed by atoms with Crippen molar-refractivity contribution in [3.8, 4) is 11.1 Å². The first-order chi connectivity index (χ1) is 20.0. The molecule has 42 heavy (non-hydrogen) atoms. The summed E-state index contributed by atoms with van der Waals surface area (Å²) >= 11 is 6.69. The summed E-state index contributed by atoms with van der Waals surface area (Å²) in [7, 11) is 0. The summed E-state index contributed by atoms with van der Waals surface area (Å²) in [6, 6.07) is 14.5. The van der Waals surface area contributed by atoms with Crippen molar-refractivity contribution < 1.29 is 32.7 Å². The summed E-state index contributed by atoms with van der Waals surface area (Å²) in [5.74, 6) is -2.42. The van der Waals surface area contributed by atoms with Crippen LogP contribution < -0.4 is 10.6 Å². The van der Waals surface area contributed by atoms with Crippen molar-refractivity contribution >= 4 is 29.4 Å². The Balaban J connectivity index is 0.000000517. The Morgan fingerprint density at radius 2 is 1.57 bits per heavy atom. The van der Waals surface area contributed by atoms with Gasteiger partial charge in [0.05, 0.1) is 0 Å². The molecule has 5 rings (SSSR count). The van der Waals surface area contributed by atoms with Crippen LogP contribution >= 0.6 is 11.6 Å². The summed E-state index contributed by atoms with van der Waals surface area (Å²) in [6.07, 6.45) is 4.61. The average Bonchev–Trinajstić information content (AvgIpc) is 3.34. The minimum Gasteiger partial charge on any atom is -0.475 e. The van der Waals surface area contributed by atoms with Crippen LogP contribution in [0.4, 0.5) is 13.2 Å². The van der Waals surface area contributed by atoms with Crippen LogP contribution in [0.5, 0.6) is 0 Å². The summed E-state index contributed by atoms with van der Waals surface area (Å²) in [5, 5.41) is 14.3. The van der Waals surface area contributed by atoms with Crippen LogP contribution in [-0.4, -0.2) is 65.7 Å². The molecule has 228 valence electrons. The molecule has 2 aromatic rings. The fourth-order valence-electron chi connectivity index (χ4n) is 5.91. The predicted molar refractivity (Wildman–Crippen MR) is 154 cm³/mol. The standard InChI is InChI=1S/C29H36ClN3O2.C2HF3O2/c30-27-19-22(20-6-8-21(9-7-20)28(34)32-25-12-15-31-16-13-25)10-11-23(27)18-24-14-17-33(29(24)35)26-4-2-1-3-5-26;3-2(4,5)1(6)7/h6-11,19,24-26,31H,1-5,12-18H2,(H,32,34);(H,6,7). The van der Waals surface area contributed by atoms with Gasteiger partial charge in [0.2, 0.25) is 5.91 Å². The number of benzene rings is 2. The molecule has 1 saturated carbocycles. The smallest absolute Gasteiger partial charge is 0.475 e. The quantitative estimate of drug-likeness (QED) is 0.383. The number of carboxylic acids is 1. The number of rotatable bonds is 6. The third kappa shape index (κ3) is 8.47. The second-order valence-electron chi connectivity index (χ2n) is 11.2. The highest BCUT2D eigenvalue weighted by Crippen LogP contribution is 2.33. The maximum atomic E-state index is 13.1. The molecule has 1 aliphatic carbocycles. The highest BCUT2D eigenvalue weighted by atomic mass is 35.5. The summed E-state index contributed by atoms with van der Waals surface area (Å²) in [6.45, 7) is 2.80. The van der Waals surface area contributed by atoms with Gasteiger partial charge in [0.25, 0.3) is 5.91 Å². The number of piperidine rings is 1. The number of nitrogens with one attached hydrogen (secondary N) is 2. The Morgan fingerprint density at radius 1 is 0.952 bits per heavy atom. The van der Waals surface area contributed by atoms with Crippen molar-refractivity contribution in [2.75, 3.05) is 19.6 Å². The van der Waals surface area contributed by atoms with Crippen molar-refractivity contribution in [2.24, 2.45) is 5.92 Å². The van der Waals surface area contributed by atoms with Gasteiger partial charge in [-0.1, -0.05) is 55.1 Å². The van der Waals surface area contributed by atoms with Crippen LogP contribution in [0.15, 0.2) is 42.5 Å². The van der Waals surface area contributed by atoms with E-state index in [0.29, 0.717) is 29.0 Å². The van der Waals surface area contributed by atoms with Crippen LogP contribution in [0, 0.1) is 5.92 Å². The maximum absolute atomic E-state index is 13.1. The molecule has 2 amide bonds. The Morgan fingerprint density at radius 3 is 2.17 bits per heavy atom. The van der Waals surface area contributed by atoms with E-state index in [1.807, 2.05) is 30.3 Å². The number of alkyl halides is 3. The molecule has 3 fully saturated rings. The zero-order valence-corrected chi connectivity index (χ0v) is 24.1. The molecular formula is C31H37ClF3N3O4. The number of carboxylic acid groups (broad SMARTS) is 1. The first kappa shape index (κ1) is 31.8. The molecule has 0 aromatic heterocycles. The lowest BCUT2D eigenvalue weighted by atomic mass is 9.93. The number of likely N-dealkylation sites (tertiary alicyclic amines) is 1. The average molecular weight is 608 g/mol. The van der Waals surface area contributed by atoms with E-state index in [1.54, 1.807) is 0 Å². The van der Waals surface area contributed by atoms with Crippen molar-refractivity contribution in [1.82, 2.24) is 15.5 Å². The van der Waals surface area contributed by atoms with Gasteiger partial charge >= 0.3 is 12.1 Å². The number of aliphatic carboxylic acids is 1. The lowest BCUT2D eigenvalue weighted by Crippen LogP contribution is -2.42. The van der Waals surface area contributed by atoms with E-state index in [9.17, 15) is 22.8 Å². The van der Waals surface area contributed by atoms with E-state index in [4.69, 9.17) is 21.5 Å². The Kier molecular flexibility index (Phi) is 10.9. The largest absolute Gasteiger partial charge is 0.490 e. The maximum Gasteiger partial charge on any atom is 0.490 e. The SMILES string of the molecule is O=C(NC1CCNCC1)c1ccc(-c2ccc(CC3CCN(C4CCCCC4)C3=O)c(Cl)c2)cc1.O=C(O)C(F)(F)F. The predicted octanol–water partition coefficient (Wildman–Crippen LogP) is 5.85. The van der Waals surface area contributed by atoms with Gasteiger partial charge < -0.3 is 20.6 Å². The molecule has 3 aliphatic rings. The third-order valence-electron chi connectivity index (χ3n) is 8.28. The minimum atomic E-state index is -5.08. The first-order valence-electron chi connectivity index (χ1n) is 14.5. The second-order valence-corrected chi connectivity index (χ2v) is 11.6. The molecule has 1 unspecified atom stereocenters. The molecule has 3 N–H and O–H groups in total. The highest BCUT2D eigenvalue weighted by Gasteiger charge is 2.38. The Hall–Kier alpha value is -3.11. The van der Waals surface area contributed by atoms with Crippen LogP contribution in [0.2, 0.25) is 5.02 Å². The molecule has 2 heterocycles. The first-order valence-corrected chi connectivity index (χ1v) is 14.9. The number of nitrogens with zero attached hydrogens (tertiary/aromatic N) is 1. The van der Waals surface area contributed by atoms with Crippen molar-refractivity contribution in [1.29, 1.82) is 0 Å². The number of amides is 2. The van der Waals surface area contributed by atoms with Gasteiger partial charge in [-0.25, -0.2) is 4.79 Å². The fourth-order valence-corrected chi connectivity index (χ4v) is 6.17. The topological polar surface area (TPSA) is 98.7 Å². The monoisotopic (exact) mass is 607 g/mol. The molecule has 0 bridgehead atoms. The van der Waals surface area contributed by atoms with E-state index < -0.39 is 12.1 Å². The molecule has 2 saturated heterocycles. The van der Waals surface area contributed by atoms with Crippen molar-refractivity contribution in [3.63, 3.8) is 0 Å². The van der Waals surface area contributed by atoms with Gasteiger partial charge in [-0.3, -0.25) is 9.59 Å². The number of hydrogen-bond acceptors (Lipinski definition) is 4. The number of hydrogen-bond donors (Lipinski definition) is 3. The van der Waals surface area contributed by atoms with E-state index in [-0.39, 0.29) is 17.9 Å². The summed E-state index contributed by atoms with van der Waals surface area (Å²) < 4.78 is 31.7. The molecule has 0 spiro atoms. The van der Waals surface area contributed by atoms with Crippen LogP contribution in [0.1, 0.15) is 67.3 Å². The van der Waals surface area contributed by atoms with Crippen LogP contribution in [0.3, 0.4) is 0 Å². The summed E-state index contributed by atoms with van der Waals surface area (Å²) in [5.41, 5.74) is 3.76. The second kappa shape index (κ2) is 14.4. The third-order valence-corrected chi connectivity index (χ3v) is 8.63. The minimum absolute atomic E-state index is 0.0136. The Bertz CT molecular complexity index is 1240. The van der Waals surface area contributed by atoms with E-state index >= 15 is 0 Å². The molecule has 7 nitrogen and oxygen atoms in total. The number of carbonyl (C=O) groups excluding carboxylic acids is 2. The lowest BCUT2D eigenvalue weighted by molar-refractivity contribution is -0.192. The van der Waals surface area contributed by atoms with Crippen molar-refractivity contribution in [2.45, 2.75) is 76.0 Å². The zero-order valence-electron chi connectivity index (χ0n) is 23.4. The van der Waals surface area contributed by atoms with Crippen LogP contribution in [-0.2, 0) is 16.0 Å². The zero-order chi connectivity index (χ0) is 30.3. The van der Waals surface area contributed by atoms with Gasteiger partial charge in [-0.2, -0.15) is 13.2 Å². The Labute approximate surface area is 248 Å². The molecule has 1 atom stereocenters. The van der Waals surface area contributed by atoms with Gasteiger partial charge in [-0.05, 0) is 86.5 Å². The molecule has 0 radical (unpaired) electrons. The lowest BCUT2D eigenvalue weighted by Gasteiger charge is -2.31. The van der Waals surface area contributed by atoms with Crippen LogP contribution in [0.25, 0.3) is 11.1 Å². The molecule has 11 heteroatoms. The molecular weight excluding hydrogens is 571 g/mol. The van der Waals surface area contributed by atoms with E-state index in [1.165, 1.54) is 19.3 Å². The van der Waals surface area contributed by atoms with Gasteiger partial charge in [0.15, 0.2) is 0 Å². The highest BCUT2D eigenvalue weighted by molar-refractivity contribution is 6.31. The normalized spacial score (nSPS) is 20.1. The van der Waals surface area contributed by atoms with Gasteiger partial charge in [-0.15, -0.1) is 0 Å². The number of carbonyl (C=O) groups is 3. The molecule has 2 aliphatic heterocycles. The molecule has 2 aromatic carbocycles. The van der Waals surface area contributed by atoms with E-state index in [0.717, 1.165) is 68.4 Å². The number of halogens is 4. The van der Waals surface area contributed by atoms with Gasteiger partial charge in [0.1, 0.15) is 0 Å². The van der Waals surface area contributed by atoms with E-state index in [2.05, 4.69) is 27.7 Å².